The summed E-state index contributed by atoms with van der Waals surface area (Å²) in [5.41, 5.74) is 0.605. The molecule has 1 rings (SSSR count). The van der Waals surface area contributed by atoms with Gasteiger partial charge in [-0.25, -0.2) is 0 Å². The highest BCUT2D eigenvalue weighted by atomic mass is 19.4. The summed E-state index contributed by atoms with van der Waals surface area (Å²) < 4.78 is 35.6. The van der Waals surface area contributed by atoms with Crippen LogP contribution >= 0.6 is 0 Å². The van der Waals surface area contributed by atoms with Crippen molar-refractivity contribution in [2.45, 2.75) is 25.1 Å². The molecule has 6 heteroatoms. The Morgan fingerprint density at radius 2 is 1.89 bits per heavy atom. The molecule has 1 amide bonds. The molecule has 0 aliphatic rings. The highest BCUT2D eigenvalue weighted by Gasteiger charge is 2.27. The van der Waals surface area contributed by atoms with Crippen molar-refractivity contribution in [1.29, 1.82) is 0 Å². The van der Waals surface area contributed by atoms with Crippen LogP contribution in [-0.4, -0.2) is 23.7 Å². The molecule has 0 aliphatic carbocycles. The molecule has 0 saturated heterocycles. The number of alkyl halides is 3. The standard InChI is InChI=1S/C12H14F3NO2/c13-12(14,15)7-6-11(18)16-8-10(17)9-4-2-1-3-5-9/h1-5,10,17H,6-8H2,(H,16,18). The van der Waals surface area contributed by atoms with Gasteiger partial charge in [-0.2, -0.15) is 13.2 Å². The van der Waals surface area contributed by atoms with Crippen molar-refractivity contribution in [2.24, 2.45) is 0 Å². The molecular formula is C12H14F3NO2. The fraction of sp³-hybridized carbons (Fsp3) is 0.417. The van der Waals surface area contributed by atoms with E-state index in [4.69, 9.17) is 0 Å². The molecule has 0 aliphatic heterocycles. The first-order chi connectivity index (χ1) is 8.38. The Hall–Kier alpha value is -1.56. The van der Waals surface area contributed by atoms with Gasteiger partial charge >= 0.3 is 6.18 Å². The van der Waals surface area contributed by atoms with Crippen molar-refractivity contribution in [1.82, 2.24) is 5.32 Å². The number of carbonyl (C=O) groups is 1. The zero-order chi connectivity index (χ0) is 13.6. The van der Waals surface area contributed by atoms with Crippen LogP contribution in [0.1, 0.15) is 24.5 Å². The predicted octanol–water partition coefficient (Wildman–Crippen LogP) is 2.18. The maximum Gasteiger partial charge on any atom is 0.389 e. The average molecular weight is 261 g/mol. The minimum atomic E-state index is -4.34. The van der Waals surface area contributed by atoms with E-state index in [1.54, 1.807) is 30.3 Å². The van der Waals surface area contributed by atoms with Crippen LogP contribution in [0, 0.1) is 0 Å². The third-order valence-electron chi connectivity index (χ3n) is 2.31. The number of halogens is 3. The average Bonchev–Trinajstić information content (AvgIpc) is 2.33. The fourth-order valence-electron chi connectivity index (χ4n) is 1.35. The quantitative estimate of drug-likeness (QED) is 0.853. The van der Waals surface area contributed by atoms with Crippen molar-refractivity contribution in [2.75, 3.05) is 6.54 Å². The molecule has 18 heavy (non-hydrogen) atoms. The molecule has 1 atom stereocenters. The van der Waals surface area contributed by atoms with Crippen LogP contribution in [0.4, 0.5) is 13.2 Å². The summed E-state index contributed by atoms with van der Waals surface area (Å²) >= 11 is 0. The number of nitrogens with one attached hydrogen (secondary N) is 1. The molecule has 0 heterocycles. The summed E-state index contributed by atoms with van der Waals surface area (Å²) in [5, 5.41) is 11.9. The van der Waals surface area contributed by atoms with Crippen LogP contribution < -0.4 is 5.32 Å². The van der Waals surface area contributed by atoms with E-state index >= 15 is 0 Å². The number of hydrogen-bond acceptors (Lipinski definition) is 2. The fourth-order valence-corrected chi connectivity index (χ4v) is 1.35. The van der Waals surface area contributed by atoms with Crippen LogP contribution in [0.2, 0.25) is 0 Å². The van der Waals surface area contributed by atoms with Gasteiger partial charge in [0.25, 0.3) is 0 Å². The van der Waals surface area contributed by atoms with Crippen LogP contribution in [-0.2, 0) is 4.79 Å². The molecule has 0 aromatic heterocycles. The van der Waals surface area contributed by atoms with Gasteiger partial charge in [0.05, 0.1) is 12.5 Å². The Morgan fingerprint density at radius 1 is 1.28 bits per heavy atom. The molecule has 0 saturated carbocycles. The van der Waals surface area contributed by atoms with E-state index in [2.05, 4.69) is 5.32 Å². The Morgan fingerprint density at radius 3 is 2.44 bits per heavy atom. The summed E-state index contributed by atoms with van der Waals surface area (Å²) in [6.45, 7) is -0.0965. The van der Waals surface area contributed by atoms with E-state index in [0.717, 1.165) is 0 Å². The highest BCUT2D eigenvalue weighted by Crippen LogP contribution is 2.21. The smallest absolute Gasteiger partial charge is 0.387 e. The number of carbonyl (C=O) groups excluding carboxylic acids is 1. The third-order valence-corrected chi connectivity index (χ3v) is 2.31. The number of benzene rings is 1. The van der Waals surface area contributed by atoms with Crippen molar-refractivity contribution in [3.8, 4) is 0 Å². The molecule has 2 N–H and O–H groups in total. The zero-order valence-electron chi connectivity index (χ0n) is 9.57. The van der Waals surface area contributed by atoms with Gasteiger partial charge in [0.15, 0.2) is 0 Å². The number of rotatable bonds is 5. The summed E-state index contributed by atoms with van der Waals surface area (Å²) in [7, 11) is 0. The van der Waals surface area contributed by atoms with Crippen molar-refractivity contribution in [3.63, 3.8) is 0 Å². The molecule has 3 nitrogen and oxygen atoms in total. The first-order valence-electron chi connectivity index (χ1n) is 5.45. The van der Waals surface area contributed by atoms with Gasteiger partial charge in [0.2, 0.25) is 5.91 Å². The Balaban J connectivity index is 2.31. The van der Waals surface area contributed by atoms with E-state index in [9.17, 15) is 23.1 Å². The number of amides is 1. The second-order valence-electron chi connectivity index (χ2n) is 3.85. The van der Waals surface area contributed by atoms with E-state index in [1.165, 1.54) is 0 Å². The van der Waals surface area contributed by atoms with Crippen LogP contribution in [0.5, 0.6) is 0 Å². The number of hydrogen-bond donors (Lipinski definition) is 2. The minimum Gasteiger partial charge on any atom is -0.387 e. The van der Waals surface area contributed by atoms with Gasteiger partial charge in [0.1, 0.15) is 0 Å². The van der Waals surface area contributed by atoms with E-state index in [-0.39, 0.29) is 6.54 Å². The second-order valence-corrected chi connectivity index (χ2v) is 3.85. The van der Waals surface area contributed by atoms with Crippen molar-refractivity contribution < 1.29 is 23.1 Å². The Kier molecular flexibility index (Phi) is 5.15. The first-order valence-corrected chi connectivity index (χ1v) is 5.45. The monoisotopic (exact) mass is 261 g/mol. The van der Waals surface area contributed by atoms with Gasteiger partial charge in [-0.05, 0) is 5.56 Å². The summed E-state index contributed by atoms with van der Waals surface area (Å²) in [5.74, 6) is -0.720. The summed E-state index contributed by atoms with van der Waals surface area (Å²) in [6.07, 6.45) is -7.03. The number of aliphatic hydroxyl groups is 1. The first kappa shape index (κ1) is 14.5. The number of aliphatic hydroxyl groups excluding tert-OH is 1. The lowest BCUT2D eigenvalue weighted by Gasteiger charge is -2.12. The molecule has 0 fully saturated rings. The van der Waals surface area contributed by atoms with E-state index < -0.39 is 31.0 Å². The molecule has 1 unspecified atom stereocenters. The third kappa shape index (κ3) is 5.67. The van der Waals surface area contributed by atoms with Gasteiger partial charge in [-0.3, -0.25) is 4.79 Å². The molecule has 100 valence electrons. The second kappa shape index (κ2) is 6.39. The van der Waals surface area contributed by atoms with Crippen molar-refractivity contribution in [3.05, 3.63) is 35.9 Å². The largest absolute Gasteiger partial charge is 0.389 e. The normalized spacial score (nSPS) is 13.1. The van der Waals surface area contributed by atoms with Gasteiger partial charge in [-0.15, -0.1) is 0 Å². The minimum absolute atomic E-state index is 0.0965. The van der Waals surface area contributed by atoms with Gasteiger partial charge in [-0.1, -0.05) is 30.3 Å². The molecule has 0 bridgehead atoms. The Labute approximate surface area is 103 Å². The van der Waals surface area contributed by atoms with Gasteiger partial charge in [0, 0.05) is 13.0 Å². The van der Waals surface area contributed by atoms with Gasteiger partial charge < -0.3 is 10.4 Å². The lowest BCUT2D eigenvalue weighted by atomic mass is 10.1. The Bertz CT molecular complexity index is 379. The van der Waals surface area contributed by atoms with E-state index in [1.807, 2.05) is 0 Å². The van der Waals surface area contributed by atoms with Crippen LogP contribution in [0.3, 0.4) is 0 Å². The van der Waals surface area contributed by atoms with E-state index in [0.29, 0.717) is 5.56 Å². The summed E-state index contributed by atoms with van der Waals surface area (Å²) in [4.78, 5) is 11.1. The molecule has 1 aromatic rings. The SMILES string of the molecule is O=C(CCC(F)(F)F)NCC(O)c1ccccc1. The zero-order valence-corrected chi connectivity index (χ0v) is 9.57. The van der Waals surface area contributed by atoms with Crippen LogP contribution in [0.25, 0.3) is 0 Å². The topological polar surface area (TPSA) is 49.3 Å². The lowest BCUT2D eigenvalue weighted by Crippen LogP contribution is -2.29. The molecule has 0 spiro atoms. The summed E-state index contributed by atoms with van der Waals surface area (Å²) in [6, 6.07) is 8.57. The predicted molar refractivity (Wildman–Crippen MR) is 59.7 cm³/mol. The maximum absolute atomic E-state index is 11.9. The molecule has 1 aromatic carbocycles. The maximum atomic E-state index is 11.9. The lowest BCUT2D eigenvalue weighted by molar-refractivity contribution is -0.144. The molecule has 0 radical (unpaired) electrons. The molecular weight excluding hydrogens is 247 g/mol. The highest BCUT2D eigenvalue weighted by molar-refractivity contribution is 5.75. The van der Waals surface area contributed by atoms with Crippen LogP contribution in [0.15, 0.2) is 30.3 Å². The van der Waals surface area contributed by atoms with Crippen molar-refractivity contribution >= 4 is 5.91 Å².